The first-order valence-corrected chi connectivity index (χ1v) is 9.90. The van der Waals surface area contributed by atoms with Gasteiger partial charge >= 0.3 is 0 Å². The number of hydrogen-bond acceptors (Lipinski definition) is 5. The summed E-state index contributed by atoms with van der Waals surface area (Å²) in [5.41, 5.74) is 2.84. The molecular formula is C20H23N3O2S. The maximum atomic E-state index is 13.0. The standard InChI is InChI=1S/C20H23N3O2S/c1-14-17-6-3-4-7-18(17)25-19(14)20(24)23-9-5-8-22(10-11-23)12-16-13-26-15(2)21-16/h3-4,6-7,13H,5,8-12H2,1-2H3. The number of rotatable bonds is 3. The molecule has 1 aliphatic heterocycles. The highest BCUT2D eigenvalue weighted by atomic mass is 32.1. The lowest BCUT2D eigenvalue weighted by atomic mass is 10.1. The average Bonchev–Trinajstić information content (AvgIpc) is 3.10. The summed E-state index contributed by atoms with van der Waals surface area (Å²) in [6, 6.07) is 7.83. The number of aryl methyl sites for hydroxylation is 2. The zero-order chi connectivity index (χ0) is 18.1. The van der Waals surface area contributed by atoms with E-state index in [-0.39, 0.29) is 5.91 Å². The van der Waals surface area contributed by atoms with E-state index in [1.54, 1.807) is 11.3 Å². The van der Waals surface area contributed by atoms with Crippen molar-refractivity contribution in [2.75, 3.05) is 26.2 Å². The lowest BCUT2D eigenvalue weighted by Crippen LogP contribution is -2.35. The molecule has 1 aliphatic rings. The molecule has 4 rings (SSSR count). The van der Waals surface area contributed by atoms with Gasteiger partial charge < -0.3 is 9.32 Å². The van der Waals surface area contributed by atoms with Gasteiger partial charge in [0.05, 0.1) is 10.7 Å². The van der Waals surface area contributed by atoms with Gasteiger partial charge in [-0.25, -0.2) is 4.98 Å². The predicted octanol–water partition coefficient (Wildman–Crippen LogP) is 3.85. The molecule has 1 aromatic carbocycles. The van der Waals surface area contributed by atoms with Crippen LogP contribution in [0.4, 0.5) is 0 Å². The summed E-state index contributed by atoms with van der Waals surface area (Å²) in [4.78, 5) is 21.9. The smallest absolute Gasteiger partial charge is 0.289 e. The fourth-order valence-electron chi connectivity index (χ4n) is 3.56. The minimum absolute atomic E-state index is 0.00468. The number of nitrogens with zero attached hydrogens (tertiary/aromatic N) is 3. The van der Waals surface area contributed by atoms with Crippen LogP contribution in [0.1, 0.15) is 33.2 Å². The van der Waals surface area contributed by atoms with E-state index in [2.05, 4.69) is 15.3 Å². The van der Waals surface area contributed by atoms with Gasteiger partial charge in [0, 0.05) is 49.1 Å². The fraction of sp³-hybridized carbons (Fsp3) is 0.400. The Hall–Kier alpha value is -2.18. The predicted molar refractivity (Wildman–Crippen MR) is 104 cm³/mol. The van der Waals surface area contributed by atoms with Crippen molar-refractivity contribution in [3.8, 4) is 0 Å². The molecule has 1 fully saturated rings. The summed E-state index contributed by atoms with van der Waals surface area (Å²) in [5, 5.41) is 4.25. The SMILES string of the molecule is Cc1nc(CN2CCCN(C(=O)c3oc4ccccc4c3C)CC2)cs1. The molecule has 0 spiro atoms. The summed E-state index contributed by atoms with van der Waals surface area (Å²) < 4.78 is 5.87. The molecular weight excluding hydrogens is 346 g/mol. The van der Waals surface area contributed by atoms with Crippen LogP contribution >= 0.6 is 11.3 Å². The van der Waals surface area contributed by atoms with E-state index >= 15 is 0 Å². The lowest BCUT2D eigenvalue weighted by Gasteiger charge is -2.21. The number of hydrogen-bond donors (Lipinski definition) is 0. The molecule has 1 saturated heterocycles. The maximum absolute atomic E-state index is 13.0. The van der Waals surface area contributed by atoms with E-state index in [1.165, 1.54) is 0 Å². The molecule has 0 unspecified atom stereocenters. The van der Waals surface area contributed by atoms with Crippen molar-refractivity contribution >= 4 is 28.2 Å². The van der Waals surface area contributed by atoms with Gasteiger partial charge in [0.15, 0.2) is 5.76 Å². The van der Waals surface area contributed by atoms with Crippen LogP contribution in [0.5, 0.6) is 0 Å². The Bertz CT molecular complexity index is 930. The van der Waals surface area contributed by atoms with Gasteiger partial charge in [-0.05, 0) is 26.3 Å². The number of aromatic nitrogens is 1. The van der Waals surface area contributed by atoms with Crippen molar-refractivity contribution in [2.24, 2.45) is 0 Å². The number of furan rings is 1. The van der Waals surface area contributed by atoms with E-state index in [1.807, 2.05) is 43.0 Å². The van der Waals surface area contributed by atoms with E-state index in [0.717, 1.165) is 66.4 Å². The zero-order valence-corrected chi connectivity index (χ0v) is 16.0. The third-order valence-corrected chi connectivity index (χ3v) is 5.79. The molecule has 26 heavy (non-hydrogen) atoms. The number of benzene rings is 1. The first-order chi connectivity index (χ1) is 12.6. The molecule has 3 heterocycles. The molecule has 0 N–H and O–H groups in total. The molecule has 136 valence electrons. The average molecular weight is 369 g/mol. The Morgan fingerprint density at radius 1 is 1.19 bits per heavy atom. The van der Waals surface area contributed by atoms with Gasteiger partial charge in [0.25, 0.3) is 5.91 Å². The number of thiazole rings is 1. The minimum Gasteiger partial charge on any atom is -0.451 e. The summed E-state index contributed by atoms with van der Waals surface area (Å²) >= 11 is 1.69. The van der Waals surface area contributed by atoms with E-state index in [9.17, 15) is 4.79 Å². The quantitative estimate of drug-likeness (QED) is 0.704. The molecule has 0 bridgehead atoms. The van der Waals surface area contributed by atoms with Gasteiger partial charge in [-0.2, -0.15) is 0 Å². The lowest BCUT2D eigenvalue weighted by molar-refractivity contribution is 0.0730. The van der Waals surface area contributed by atoms with E-state index in [0.29, 0.717) is 5.76 Å². The number of fused-ring (bicyclic) bond motifs is 1. The van der Waals surface area contributed by atoms with Crippen molar-refractivity contribution in [1.82, 2.24) is 14.8 Å². The van der Waals surface area contributed by atoms with E-state index in [4.69, 9.17) is 4.42 Å². The molecule has 0 radical (unpaired) electrons. The Balaban J connectivity index is 1.46. The maximum Gasteiger partial charge on any atom is 0.289 e. The van der Waals surface area contributed by atoms with Crippen LogP contribution in [-0.2, 0) is 6.54 Å². The van der Waals surface area contributed by atoms with Crippen LogP contribution in [0.25, 0.3) is 11.0 Å². The largest absolute Gasteiger partial charge is 0.451 e. The van der Waals surface area contributed by atoms with Crippen molar-refractivity contribution in [2.45, 2.75) is 26.8 Å². The second kappa shape index (κ2) is 7.21. The number of para-hydroxylation sites is 1. The van der Waals surface area contributed by atoms with Crippen LogP contribution in [0.15, 0.2) is 34.1 Å². The molecule has 2 aromatic heterocycles. The summed E-state index contributed by atoms with van der Waals surface area (Å²) in [6.45, 7) is 8.19. The third kappa shape index (κ3) is 3.39. The highest BCUT2D eigenvalue weighted by Gasteiger charge is 2.25. The molecule has 1 amide bonds. The molecule has 0 saturated carbocycles. The first-order valence-electron chi connectivity index (χ1n) is 9.02. The Labute approximate surface area is 157 Å². The zero-order valence-electron chi connectivity index (χ0n) is 15.2. The monoisotopic (exact) mass is 369 g/mol. The van der Waals surface area contributed by atoms with Gasteiger partial charge in [-0.3, -0.25) is 9.69 Å². The van der Waals surface area contributed by atoms with Crippen LogP contribution in [0.3, 0.4) is 0 Å². The minimum atomic E-state index is 0.00468. The molecule has 0 atom stereocenters. The van der Waals surface area contributed by atoms with Crippen LogP contribution in [-0.4, -0.2) is 46.9 Å². The second-order valence-electron chi connectivity index (χ2n) is 6.83. The van der Waals surface area contributed by atoms with Crippen molar-refractivity contribution < 1.29 is 9.21 Å². The van der Waals surface area contributed by atoms with Crippen LogP contribution < -0.4 is 0 Å². The molecule has 0 aliphatic carbocycles. The number of carbonyl (C=O) groups excluding carboxylic acids is 1. The molecule has 5 nitrogen and oxygen atoms in total. The molecule has 3 aromatic rings. The van der Waals surface area contributed by atoms with Crippen molar-refractivity contribution in [3.05, 3.63) is 51.7 Å². The Kier molecular flexibility index (Phi) is 4.78. The highest BCUT2D eigenvalue weighted by Crippen LogP contribution is 2.26. The van der Waals surface area contributed by atoms with Crippen molar-refractivity contribution in [1.29, 1.82) is 0 Å². The summed E-state index contributed by atoms with van der Waals surface area (Å²) in [6.07, 6.45) is 0.966. The first kappa shape index (κ1) is 17.2. The van der Waals surface area contributed by atoms with E-state index < -0.39 is 0 Å². The normalized spacial score (nSPS) is 16.2. The fourth-order valence-corrected chi connectivity index (χ4v) is 4.17. The van der Waals surface area contributed by atoms with Gasteiger partial charge in [0.1, 0.15) is 5.58 Å². The van der Waals surface area contributed by atoms with Crippen LogP contribution in [0.2, 0.25) is 0 Å². The number of amides is 1. The summed E-state index contributed by atoms with van der Waals surface area (Å²) in [5.74, 6) is 0.486. The van der Waals surface area contributed by atoms with Crippen molar-refractivity contribution in [3.63, 3.8) is 0 Å². The Morgan fingerprint density at radius 3 is 2.81 bits per heavy atom. The third-order valence-electron chi connectivity index (χ3n) is 4.97. The second-order valence-corrected chi connectivity index (χ2v) is 7.89. The van der Waals surface area contributed by atoms with Gasteiger partial charge in [-0.15, -0.1) is 11.3 Å². The Morgan fingerprint density at radius 2 is 2.04 bits per heavy atom. The summed E-state index contributed by atoms with van der Waals surface area (Å²) in [7, 11) is 0. The number of carbonyl (C=O) groups is 1. The topological polar surface area (TPSA) is 49.6 Å². The van der Waals surface area contributed by atoms with Crippen LogP contribution in [0, 0.1) is 13.8 Å². The van der Waals surface area contributed by atoms with Gasteiger partial charge in [0.2, 0.25) is 0 Å². The highest BCUT2D eigenvalue weighted by molar-refractivity contribution is 7.09. The molecule has 6 heteroatoms. The van der Waals surface area contributed by atoms with Gasteiger partial charge in [-0.1, -0.05) is 18.2 Å².